The molecule has 1 aromatic carbocycles. The molecule has 0 radical (unpaired) electrons. The largest absolute Gasteiger partial charge is 0.516 e. The molecule has 1 aromatic rings. The fourth-order valence-electron chi connectivity index (χ4n) is 0.663. The van der Waals surface area contributed by atoms with E-state index in [0.717, 1.165) is 6.26 Å². The lowest BCUT2D eigenvalue weighted by Gasteiger charge is -1.93. The fourth-order valence-corrected chi connectivity index (χ4v) is 0.663. The highest BCUT2D eigenvalue weighted by Crippen LogP contribution is 2.02. The zero-order valence-electron chi connectivity index (χ0n) is 7.04. The zero-order chi connectivity index (χ0) is 8.69. The maximum Gasteiger partial charge on any atom is 0.0719 e. The van der Waals surface area contributed by atoms with E-state index in [0.29, 0.717) is 0 Å². The number of aryl methyl sites for hydroxylation is 2. The Morgan fingerprint density at radius 1 is 1.18 bits per heavy atom. The van der Waals surface area contributed by atoms with Crippen LogP contribution in [0.4, 0.5) is 0 Å². The average Bonchev–Trinajstić information content (AvgIpc) is 1.97. The van der Waals surface area contributed by atoms with Gasteiger partial charge in [-0.15, -0.1) is 0 Å². The van der Waals surface area contributed by atoms with Crippen molar-refractivity contribution in [1.82, 2.24) is 0 Å². The third-order valence-corrected chi connectivity index (χ3v) is 1.43. The van der Waals surface area contributed by atoms with Gasteiger partial charge in [0, 0.05) is 0 Å². The topological polar surface area (TPSA) is 20.2 Å². The maximum atomic E-state index is 7.33. The number of aliphatic hydroxyl groups is 1. The molecular weight excluding hydrogens is 136 g/mol. The Morgan fingerprint density at radius 2 is 1.45 bits per heavy atom. The molecule has 60 valence electrons. The number of hydrogen-bond acceptors (Lipinski definition) is 1. The highest BCUT2D eigenvalue weighted by atomic mass is 16.2. The van der Waals surface area contributed by atoms with Gasteiger partial charge in [0.2, 0.25) is 0 Å². The lowest BCUT2D eigenvalue weighted by molar-refractivity contribution is 0.476. The molecule has 0 spiro atoms. The van der Waals surface area contributed by atoms with Gasteiger partial charge in [-0.2, -0.15) is 0 Å². The SMILES string of the molecule is C=CO.Cc1ccccc1C. The summed E-state index contributed by atoms with van der Waals surface area (Å²) in [5, 5.41) is 7.33. The Kier molecular flexibility index (Phi) is 4.91. The third kappa shape index (κ3) is 4.20. The van der Waals surface area contributed by atoms with Gasteiger partial charge in [-0.25, -0.2) is 0 Å². The summed E-state index contributed by atoms with van der Waals surface area (Å²) in [7, 11) is 0. The number of rotatable bonds is 0. The molecule has 0 aliphatic carbocycles. The summed E-state index contributed by atoms with van der Waals surface area (Å²) >= 11 is 0. The van der Waals surface area contributed by atoms with Gasteiger partial charge in [0.15, 0.2) is 0 Å². The molecule has 0 heterocycles. The highest BCUT2D eigenvalue weighted by Gasteiger charge is 1.83. The molecular formula is C10H14O. The Morgan fingerprint density at radius 3 is 1.64 bits per heavy atom. The summed E-state index contributed by atoms with van der Waals surface area (Å²) in [5.41, 5.74) is 2.74. The molecule has 0 aliphatic heterocycles. The summed E-state index contributed by atoms with van der Waals surface area (Å²) in [5.74, 6) is 0. The predicted molar refractivity (Wildman–Crippen MR) is 48.7 cm³/mol. The van der Waals surface area contributed by atoms with Crippen molar-refractivity contribution in [2.45, 2.75) is 13.8 Å². The van der Waals surface area contributed by atoms with Crippen LogP contribution >= 0.6 is 0 Å². The summed E-state index contributed by atoms with van der Waals surface area (Å²) in [6.45, 7) is 7.16. The molecule has 1 rings (SSSR count). The summed E-state index contributed by atoms with van der Waals surface area (Å²) in [6.07, 6.45) is 0.750. The van der Waals surface area contributed by atoms with E-state index in [4.69, 9.17) is 5.11 Å². The van der Waals surface area contributed by atoms with Crippen molar-refractivity contribution in [3.8, 4) is 0 Å². The first kappa shape index (κ1) is 9.76. The van der Waals surface area contributed by atoms with E-state index in [1.807, 2.05) is 0 Å². The van der Waals surface area contributed by atoms with E-state index >= 15 is 0 Å². The molecule has 0 saturated carbocycles. The van der Waals surface area contributed by atoms with Crippen molar-refractivity contribution in [3.05, 3.63) is 48.2 Å². The van der Waals surface area contributed by atoms with Gasteiger partial charge in [-0.05, 0) is 25.0 Å². The Labute approximate surface area is 68.0 Å². The second-order valence-corrected chi connectivity index (χ2v) is 2.27. The smallest absolute Gasteiger partial charge is 0.0719 e. The lowest BCUT2D eigenvalue weighted by atomic mass is 10.1. The van der Waals surface area contributed by atoms with Crippen LogP contribution in [0.5, 0.6) is 0 Å². The normalized spacial score (nSPS) is 7.82. The number of hydrogen-bond donors (Lipinski definition) is 1. The fraction of sp³-hybridized carbons (Fsp3) is 0.200. The van der Waals surface area contributed by atoms with Gasteiger partial charge in [-0.3, -0.25) is 0 Å². The molecule has 0 unspecified atom stereocenters. The van der Waals surface area contributed by atoms with Crippen LogP contribution in [0, 0.1) is 13.8 Å². The molecule has 0 bridgehead atoms. The van der Waals surface area contributed by atoms with Gasteiger partial charge < -0.3 is 5.11 Å². The van der Waals surface area contributed by atoms with Crippen LogP contribution < -0.4 is 0 Å². The Balaban J connectivity index is 0.000000292. The van der Waals surface area contributed by atoms with E-state index in [1.54, 1.807) is 0 Å². The molecule has 11 heavy (non-hydrogen) atoms. The van der Waals surface area contributed by atoms with Crippen molar-refractivity contribution in [2.75, 3.05) is 0 Å². The van der Waals surface area contributed by atoms with Crippen LogP contribution in [0.2, 0.25) is 0 Å². The average molecular weight is 150 g/mol. The standard InChI is InChI=1S/C8H10.C2H4O/c1-7-5-3-4-6-8(7)2;1-2-3/h3-6H,1-2H3;2-3H,1H2. The lowest BCUT2D eigenvalue weighted by Crippen LogP contribution is -1.74. The van der Waals surface area contributed by atoms with Crippen molar-refractivity contribution < 1.29 is 5.11 Å². The summed E-state index contributed by atoms with van der Waals surface area (Å²) in [4.78, 5) is 0. The van der Waals surface area contributed by atoms with Crippen molar-refractivity contribution >= 4 is 0 Å². The van der Waals surface area contributed by atoms with Crippen LogP contribution in [0.1, 0.15) is 11.1 Å². The first-order chi connectivity index (χ1) is 5.22. The van der Waals surface area contributed by atoms with E-state index in [-0.39, 0.29) is 0 Å². The molecule has 0 atom stereocenters. The number of benzene rings is 1. The Bertz CT molecular complexity index is 195. The predicted octanol–water partition coefficient (Wildman–Crippen LogP) is 2.99. The minimum absolute atomic E-state index is 0.750. The highest BCUT2D eigenvalue weighted by molar-refractivity contribution is 5.23. The van der Waals surface area contributed by atoms with Crippen LogP contribution in [0.3, 0.4) is 0 Å². The molecule has 1 nitrogen and oxygen atoms in total. The van der Waals surface area contributed by atoms with E-state index in [9.17, 15) is 0 Å². The molecule has 0 aliphatic rings. The van der Waals surface area contributed by atoms with Crippen LogP contribution in [-0.2, 0) is 0 Å². The summed E-state index contributed by atoms with van der Waals surface area (Å²) < 4.78 is 0. The molecule has 1 heteroatoms. The molecule has 0 fully saturated rings. The van der Waals surface area contributed by atoms with Crippen LogP contribution in [0.25, 0.3) is 0 Å². The van der Waals surface area contributed by atoms with E-state index < -0.39 is 0 Å². The molecule has 0 amide bonds. The molecule has 1 N–H and O–H groups in total. The van der Waals surface area contributed by atoms with Crippen LogP contribution in [-0.4, -0.2) is 5.11 Å². The van der Waals surface area contributed by atoms with Crippen molar-refractivity contribution in [1.29, 1.82) is 0 Å². The van der Waals surface area contributed by atoms with E-state index in [1.165, 1.54) is 11.1 Å². The second kappa shape index (κ2) is 5.54. The first-order valence-electron chi connectivity index (χ1n) is 3.49. The van der Waals surface area contributed by atoms with Crippen LogP contribution in [0.15, 0.2) is 37.1 Å². The molecule has 0 aromatic heterocycles. The van der Waals surface area contributed by atoms with Crippen molar-refractivity contribution in [3.63, 3.8) is 0 Å². The minimum atomic E-state index is 0.750. The van der Waals surface area contributed by atoms with Crippen molar-refractivity contribution in [2.24, 2.45) is 0 Å². The van der Waals surface area contributed by atoms with Gasteiger partial charge in [0.05, 0.1) is 6.26 Å². The van der Waals surface area contributed by atoms with Gasteiger partial charge in [0.1, 0.15) is 0 Å². The third-order valence-electron chi connectivity index (χ3n) is 1.43. The Hall–Kier alpha value is -1.24. The quantitative estimate of drug-likeness (QED) is 0.564. The van der Waals surface area contributed by atoms with Gasteiger partial charge in [0.25, 0.3) is 0 Å². The second-order valence-electron chi connectivity index (χ2n) is 2.27. The monoisotopic (exact) mass is 150 g/mol. The van der Waals surface area contributed by atoms with E-state index in [2.05, 4.69) is 44.7 Å². The summed E-state index contributed by atoms with van der Waals surface area (Å²) in [6, 6.07) is 8.36. The molecule has 0 saturated heterocycles. The zero-order valence-corrected chi connectivity index (χ0v) is 7.04. The van der Waals surface area contributed by atoms with Gasteiger partial charge in [-0.1, -0.05) is 30.8 Å². The minimum Gasteiger partial charge on any atom is -0.516 e. The number of aliphatic hydroxyl groups excluding tert-OH is 1. The van der Waals surface area contributed by atoms with Gasteiger partial charge >= 0.3 is 0 Å². The maximum absolute atomic E-state index is 7.33. The first-order valence-corrected chi connectivity index (χ1v) is 3.49.